The Morgan fingerprint density at radius 2 is 1.53 bits per heavy atom. The SMILES string of the molecule is [CH2-]N1CCC(OC2CCN(C(C)=O)CC2)CC1. The number of rotatable bonds is 2. The van der Waals surface area contributed by atoms with Gasteiger partial charge in [-0.15, -0.1) is 0 Å². The summed E-state index contributed by atoms with van der Waals surface area (Å²) in [4.78, 5) is 15.2. The second-order valence-corrected chi connectivity index (χ2v) is 5.16. The molecule has 2 aliphatic rings. The zero-order chi connectivity index (χ0) is 12.3. The normalized spacial score (nSPS) is 25.2. The number of nitrogens with zero attached hydrogens (tertiary/aromatic N) is 2. The van der Waals surface area contributed by atoms with E-state index in [4.69, 9.17) is 4.74 Å². The average molecular weight is 239 g/mol. The molecule has 0 spiro atoms. The van der Waals surface area contributed by atoms with Crippen LogP contribution in [0.2, 0.25) is 0 Å². The Morgan fingerprint density at radius 1 is 1.06 bits per heavy atom. The first-order valence-corrected chi connectivity index (χ1v) is 6.61. The van der Waals surface area contributed by atoms with E-state index in [0.29, 0.717) is 12.2 Å². The number of amides is 1. The average Bonchev–Trinajstić information content (AvgIpc) is 2.33. The maximum atomic E-state index is 11.2. The van der Waals surface area contributed by atoms with E-state index < -0.39 is 0 Å². The molecule has 0 atom stereocenters. The van der Waals surface area contributed by atoms with Crippen LogP contribution >= 0.6 is 0 Å². The predicted molar refractivity (Wildman–Crippen MR) is 66.3 cm³/mol. The maximum absolute atomic E-state index is 11.2. The van der Waals surface area contributed by atoms with Crippen LogP contribution in [0.1, 0.15) is 32.6 Å². The lowest BCUT2D eigenvalue weighted by Gasteiger charge is -2.38. The van der Waals surface area contributed by atoms with Crippen LogP contribution < -0.4 is 0 Å². The molecule has 1 amide bonds. The standard InChI is InChI=1S/C13H23N2O2/c1-11(16)15-9-5-13(6-10-15)17-12-3-7-14(2)8-4-12/h12-13H,2-10H2,1H3/q-1. The Balaban J connectivity index is 1.69. The molecule has 17 heavy (non-hydrogen) atoms. The molecule has 4 heteroatoms. The number of hydrogen-bond donors (Lipinski definition) is 0. The van der Waals surface area contributed by atoms with E-state index in [2.05, 4.69) is 11.9 Å². The monoisotopic (exact) mass is 239 g/mol. The van der Waals surface area contributed by atoms with Crippen molar-refractivity contribution in [2.45, 2.75) is 44.8 Å². The summed E-state index contributed by atoms with van der Waals surface area (Å²) in [6.07, 6.45) is 4.93. The van der Waals surface area contributed by atoms with Gasteiger partial charge in [-0.3, -0.25) is 11.8 Å². The number of piperidine rings is 2. The summed E-state index contributed by atoms with van der Waals surface area (Å²) in [6.45, 7) is 5.43. The van der Waals surface area contributed by atoms with Crippen molar-refractivity contribution in [2.24, 2.45) is 0 Å². The van der Waals surface area contributed by atoms with Gasteiger partial charge in [-0.1, -0.05) is 0 Å². The maximum Gasteiger partial charge on any atom is 0.219 e. The number of ether oxygens (including phenoxy) is 1. The summed E-state index contributed by atoms with van der Waals surface area (Å²) < 4.78 is 6.12. The molecule has 0 aromatic heterocycles. The molecule has 0 N–H and O–H groups in total. The van der Waals surface area contributed by atoms with Gasteiger partial charge in [0.25, 0.3) is 0 Å². The molecule has 2 saturated heterocycles. The highest BCUT2D eigenvalue weighted by atomic mass is 16.5. The van der Waals surface area contributed by atoms with Crippen LogP contribution in [0.15, 0.2) is 0 Å². The van der Waals surface area contributed by atoms with E-state index in [1.807, 2.05) is 4.90 Å². The molecular formula is C13H23N2O2-. The van der Waals surface area contributed by atoms with Gasteiger partial charge >= 0.3 is 0 Å². The smallest absolute Gasteiger partial charge is 0.219 e. The van der Waals surface area contributed by atoms with Gasteiger partial charge in [0, 0.05) is 20.0 Å². The van der Waals surface area contributed by atoms with Crippen molar-refractivity contribution in [3.63, 3.8) is 0 Å². The summed E-state index contributed by atoms with van der Waals surface area (Å²) in [5, 5.41) is 0. The molecule has 2 fully saturated rings. The molecule has 0 aromatic carbocycles. The largest absolute Gasteiger partial charge is 0.459 e. The first-order chi connectivity index (χ1) is 8.15. The van der Waals surface area contributed by atoms with Gasteiger partial charge in [0.15, 0.2) is 0 Å². The Bertz CT molecular complexity index is 254. The molecule has 2 rings (SSSR count). The quantitative estimate of drug-likeness (QED) is 0.680. The van der Waals surface area contributed by atoms with Crippen molar-refractivity contribution in [3.8, 4) is 0 Å². The van der Waals surface area contributed by atoms with Gasteiger partial charge in [0.2, 0.25) is 5.91 Å². The first-order valence-electron chi connectivity index (χ1n) is 6.61. The van der Waals surface area contributed by atoms with Crippen molar-refractivity contribution in [3.05, 3.63) is 7.05 Å². The third-order valence-electron chi connectivity index (χ3n) is 3.81. The van der Waals surface area contributed by atoms with Gasteiger partial charge < -0.3 is 14.5 Å². The van der Waals surface area contributed by atoms with Crippen molar-refractivity contribution < 1.29 is 9.53 Å². The second-order valence-electron chi connectivity index (χ2n) is 5.16. The molecule has 0 radical (unpaired) electrons. The minimum absolute atomic E-state index is 0.189. The van der Waals surface area contributed by atoms with Gasteiger partial charge in [-0.25, -0.2) is 0 Å². The summed E-state index contributed by atoms with van der Waals surface area (Å²) >= 11 is 0. The molecule has 0 bridgehead atoms. The third-order valence-corrected chi connectivity index (χ3v) is 3.81. The Hall–Kier alpha value is -0.610. The van der Waals surface area contributed by atoms with E-state index >= 15 is 0 Å². The van der Waals surface area contributed by atoms with Crippen molar-refractivity contribution in [1.82, 2.24) is 9.80 Å². The Labute approximate surface area is 104 Å². The minimum Gasteiger partial charge on any atom is -0.459 e. The van der Waals surface area contributed by atoms with E-state index in [9.17, 15) is 4.79 Å². The highest BCUT2D eigenvalue weighted by molar-refractivity contribution is 5.73. The number of carbonyl (C=O) groups is 1. The minimum atomic E-state index is 0.189. The fourth-order valence-corrected chi connectivity index (χ4v) is 2.62. The summed E-state index contributed by atoms with van der Waals surface area (Å²) in [7, 11) is 3.94. The molecule has 0 aliphatic carbocycles. The third kappa shape index (κ3) is 3.68. The topological polar surface area (TPSA) is 32.8 Å². The summed E-state index contributed by atoms with van der Waals surface area (Å²) in [5.41, 5.74) is 0. The van der Waals surface area contributed by atoms with Crippen LogP contribution in [0.4, 0.5) is 0 Å². The molecule has 2 heterocycles. The summed E-state index contributed by atoms with van der Waals surface area (Å²) in [5.74, 6) is 0.189. The van der Waals surface area contributed by atoms with E-state index in [1.165, 1.54) is 0 Å². The molecule has 98 valence electrons. The predicted octanol–water partition coefficient (Wildman–Crippen LogP) is 1.27. The van der Waals surface area contributed by atoms with Gasteiger partial charge in [-0.05, 0) is 38.8 Å². The van der Waals surface area contributed by atoms with Gasteiger partial charge in [0.1, 0.15) is 0 Å². The molecule has 4 nitrogen and oxygen atoms in total. The fourth-order valence-electron chi connectivity index (χ4n) is 2.62. The zero-order valence-corrected chi connectivity index (χ0v) is 10.7. The molecule has 0 saturated carbocycles. The van der Waals surface area contributed by atoms with Crippen molar-refractivity contribution >= 4 is 5.91 Å². The van der Waals surface area contributed by atoms with E-state index in [0.717, 1.165) is 51.9 Å². The second kappa shape index (κ2) is 5.83. The van der Waals surface area contributed by atoms with Crippen LogP contribution in [0.5, 0.6) is 0 Å². The van der Waals surface area contributed by atoms with Crippen LogP contribution in [0.25, 0.3) is 0 Å². The zero-order valence-electron chi connectivity index (χ0n) is 10.7. The van der Waals surface area contributed by atoms with Crippen LogP contribution in [0.3, 0.4) is 0 Å². The highest BCUT2D eigenvalue weighted by Crippen LogP contribution is 2.20. The van der Waals surface area contributed by atoms with Crippen LogP contribution in [0, 0.1) is 7.05 Å². The van der Waals surface area contributed by atoms with E-state index in [1.54, 1.807) is 6.92 Å². The fraction of sp³-hybridized carbons (Fsp3) is 0.846. The van der Waals surface area contributed by atoms with E-state index in [-0.39, 0.29) is 5.91 Å². The lowest BCUT2D eigenvalue weighted by molar-refractivity contribution is -0.132. The number of likely N-dealkylation sites (tertiary alicyclic amines) is 2. The molecular weight excluding hydrogens is 216 g/mol. The number of hydrogen-bond acceptors (Lipinski definition) is 3. The van der Waals surface area contributed by atoms with Crippen LogP contribution in [-0.2, 0) is 9.53 Å². The molecule has 0 aromatic rings. The van der Waals surface area contributed by atoms with Gasteiger partial charge in [-0.2, -0.15) is 0 Å². The molecule has 2 aliphatic heterocycles. The Morgan fingerprint density at radius 3 is 2.00 bits per heavy atom. The lowest BCUT2D eigenvalue weighted by Crippen LogP contribution is -2.42. The number of carbonyl (C=O) groups excluding carboxylic acids is 1. The van der Waals surface area contributed by atoms with Crippen molar-refractivity contribution in [1.29, 1.82) is 0 Å². The molecule has 0 unspecified atom stereocenters. The summed E-state index contributed by atoms with van der Waals surface area (Å²) in [6, 6.07) is 0. The van der Waals surface area contributed by atoms with Crippen molar-refractivity contribution in [2.75, 3.05) is 26.2 Å². The highest BCUT2D eigenvalue weighted by Gasteiger charge is 2.24. The first kappa shape index (κ1) is 12.8. The Kier molecular flexibility index (Phi) is 4.40. The van der Waals surface area contributed by atoms with Gasteiger partial charge in [0.05, 0.1) is 12.2 Å². The lowest BCUT2D eigenvalue weighted by atomic mass is 10.0. The van der Waals surface area contributed by atoms with Crippen LogP contribution in [-0.4, -0.2) is 54.1 Å².